The highest BCUT2D eigenvalue weighted by Crippen LogP contribution is 2.59. The zero-order valence-electron chi connectivity index (χ0n) is 13.1. The van der Waals surface area contributed by atoms with E-state index in [-0.39, 0.29) is 35.1 Å². The Bertz CT molecular complexity index is 363. The summed E-state index contributed by atoms with van der Waals surface area (Å²) < 4.78 is 10.6. The maximum Gasteiger partial charge on any atom is 0.310 e. The monoisotopic (exact) mass is 270 g/mol. The van der Waals surface area contributed by atoms with Gasteiger partial charge in [0.2, 0.25) is 0 Å². The van der Waals surface area contributed by atoms with Gasteiger partial charge in [-0.3, -0.25) is 9.59 Å². The smallest absolute Gasteiger partial charge is 0.310 e. The molecule has 2 unspecified atom stereocenters. The molecule has 0 spiro atoms. The third-order valence-corrected chi connectivity index (χ3v) is 3.59. The maximum atomic E-state index is 12.1. The van der Waals surface area contributed by atoms with E-state index in [1.54, 1.807) is 13.8 Å². The number of hydrogen-bond acceptors (Lipinski definition) is 4. The van der Waals surface area contributed by atoms with E-state index in [9.17, 15) is 9.59 Å². The zero-order chi connectivity index (χ0) is 15.0. The van der Waals surface area contributed by atoms with Crippen LogP contribution in [0.4, 0.5) is 0 Å². The second kappa shape index (κ2) is 5.14. The van der Waals surface area contributed by atoms with Gasteiger partial charge < -0.3 is 9.47 Å². The van der Waals surface area contributed by atoms with Crippen LogP contribution in [-0.2, 0) is 19.1 Å². The molecular weight excluding hydrogens is 244 g/mol. The van der Waals surface area contributed by atoms with Crippen molar-refractivity contribution in [3.63, 3.8) is 0 Å². The first-order valence-electron chi connectivity index (χ1n) is 6.86. The van der Waals surface area contributed by atoms with Gasteiger partial charge in [0.25, 0.3) is 0 Å². The Morgan fingerprint density at radius 3 is 2.16 bits per heavy atom. The topological polar surface area (TPSA) is 52.6 Å². The van der Waals surface area contributed by atoms with Gasteiger partial charge in [-0.2, -0.15) is 0 Å². The highest BCUT2D eigenvalue weighted by Gasteiger charge is 2.63. The van der Waals surface area contributed by atoms with Gasteiger partial charge in [-0.1, -0.05) is 27.7 Å². The minimum absolute atomic E-state index is 0.0602. The molecule has 0 amide bonds. The lowest BCUT2D eigenvalue weighted by Crippen LogP contribution is -2.26. The zero-order valence-corrected chi connectivity index (χ0v) is 13.1. The highest BCUT2D eigenvalue weighted by molar-refractivity contribution is 5.78. The van der Waals surface area contributed by atoms with Crippen LogP contribution < -0.4 is 0 Å². The normalized spacial score (nSPS) is 25.1. The Morgan fingerprint density at radius 2 is 1.74 bits per heavy atom. The van der Waals surface area contributed by atoms with Crippen molar-refractivity contribution < 1.29 is 19.1 Å². The van der Waals surface area contributed by atoms with Crippen LogP contribution in [0.15, 0.2) is 0 Å². The van der Waals surface area contributed by atoms with Crippen LogP contribution in [0.2, 0.25) is 0 Å². The lowest BCUT2D eigenvalue weighted by atomic mass is 10.1. The fraction of sp³-hybridized carbons (Fsp3) is 0.867. The van der Waals surface area contributed by atoms with E-state index in [0.29, 0.717) is 6.61 Å². The molecule has 1 fully saturated rings. The Balaban J connectivity index is 2.54. The van der Waals surface area contributed by atoms with Crippen molar-refractivity contribution in [3.8, 4) is 0 Å². The van der Waals surface area contributed by atoms with Gasteiger partial charge in [0.05, 0.1) is 18.4 Å². The van der Waals surface area contributed by atoms with Crippen molar-refractivity contribution >= 4 is 11.9 Å². The first-order valence-corrected chi connectivity index (χ1v) is 6.86. The number of hydrogen-bond donors (Lipinski definition) is 0. The summed E-state index contributed by atoms with van der Waals surface area (Å²) in [5.41, 5.74) is -0.630. The Kier molecular flexibility index (Phi) is 4.33. The lowest BCUT2D eigenvalue weighted by Gasteiger charge is -2.20. The summed E-state index contributed by atoms with van der Waals surface area (Å²) in [7, 11) is 0. The molecular formula is C15H26O4. The van der Waals surface area contributed by atoms with E-state index in [4.69, 9.17) is 9.47 Å². The standard InChI is InChI=1S/C15H26O4/c1-9(2)12(16)18-8-10-11(15(10,6)7)13(17)19-14(3,4)5/h9-11H,8H2,1-7H3. The summed E-state index contributed by atoms with van der Waals surface area (Å²) in [6.45, 7) is 13.5. The van der Waals surface area contributed by atoms with Crippen molar-refractivity contribution in [1.82, 2.24) is 0 Å². The quantitative estimate of drug-likeness (QED) is 0.737. The molecule has 0 aromatic carbocycles. The van der Waals surface area contributed by atoms with Crippen LogP contribution in [-0.4, -0.2) is 24.1 Å². The van der Waals surface area contributed by atoms with Crippen molar-refractivity contribution in [2.45, 2.75) is 54.1 Å². The predicted molar refractivity (Wildman–Crippen MR) is 72.4 cm³/mol. The minimum Gasteiger partial charge on any atom is -0.465 e. The van der Waals surface area contributed by atoms with Crippen molar-refractivity contribution in [2.24, 2.45) is 23.2 Å². The molecule has 0 aromatic heterocycles. The molecule has 4 heteroatoms. The minimum atomic E-state index is -0.477. The predicted octanol–water partition coefficient (Wildman–Crippen LogP) is 2.80. The van der Waals surface area contributed by atoms with Gasteiger partial charge in [-0.05, 0) is 26.2 Å². The van der Waals surface area contributed by atoms with E-state index < -0.39 is 5.60 Å². The highest BCUT2D eigenvalue weighted by atomic mass is 16.6. The molecule has 2 atom stereocenters. The average molecular weight is 270 g/mol. The van der Waals surface area contributed by atoms with E-state index in [2.05, 4.69) is 0 Å². The summed E-state index contributed by atoms with van der Waals surface area (Å²) >= 11 is 0. The molecule has 0 heterocycles. The Hall–Kier alpha value is -1.06. The summed E-state index contributed by atoms with van der Waals surface area (Å²) in [5, 5.41) is 0. The molecule has 1 aliphatic rings. The molecule has 0 radical (unpaired) electrons. The van der Waals surface area contributed by atoms with E-state index in [1.807, 2.05) is 34.6 Å². The number of carbonyl (C=O) groups excluding carboxylic acids is 2. The third kappa shape index (κ3) is 3.95. The van der Waals surface area contributed by atoms with Gasteiger partial charge in [0.15, 0.2) is 0 Å². The Labute approximate surface area is 115 Å². The van der Waals surface area contributed by atoms with Crippen molar-refractivity contribution in [1.29, 1.82) is 0 Å². The summed E-state index contributed by atoms with van der Waals surface area (Å²) in [5.74, 6) is -0.660. The van der Waals surface area contributed by atoms with Crippen LogP contribution in [0.25, 0.3) is 0 Å². The number of carbonyl (C=O) groups is 2. The van der Waals surface area contributed by atoms with Crippen LogP contribution in [0.1, 0.15) is 48.5 Å². The second-order valence-electron chi connectivity index (χ2n) is 7.22. The van der Waals surface area contributed by atoms with Crippen LogP contribution >= 0.6 is 0 Å². The first-order chi connectivity index (χ1) is 8.47. The molecule has 0 N–H and O–H groups in total. The summed E-state index contributed by atoms with van der Waals surface area (Å²) in [6.07, 6.45) is 0. The molecule has 1 saturated carbocycles. The van der Waals surface area contributed by atoms with Gasteiger partial charge in [0, 0.05) is 5.92 Å². The average Bonchev–Trinajstić information content (AvgIpc) is 2.74. The molecule has 0 aliphatic heterocycles. The van der Waals surface area contributed by atoms with E-state index in [0.717, 1.165) is 0 Å². The van der Waals surface area contributed by atoms with Crippen LogP contribution in [0.5, 0.6) is 0 Å². The number of rotatable bonds is 4. The van der Waals surface area contributed by atoms with Crippen LogP contribution in [0.3, 0.4) is 0 Å². The van der Waals surface area contributed by atoms with E-state index >= 15 is 0 Å². The largest absolute Gasteiger partial charge is 0.465 e. The molecule has 1 aliphatic carbocycles. The first kappa shape index (κ1) is 16.0. The fourth-order valence-electron chi connectivity index (χ4n) is 2.23. The Morgan fingerprint density at radius 1 is 1.21 bits per heavy atom. The fourth-order valence-corrected chi connectivity index (χ4v) is 2.23. The third-order valence-electron chi connectivity index (χ3n) is 3.59. The summed E-state index contributed by atoms with van der Waals surface area (Å²) in [6, 6.07) is 0. The molecule has 0 aromatic rings. The van der Waals surface area contributed by atoms with Gasteiger partial charge in [-0.25, -0.2) is 0 Å². The number of ether oxygens (including phenoxy) is 2. The molecule has 4 nitrogen and oxygen atoms in total. The second-order valence-corrected chi connectivity index (χ2v) is 7.22. The molecule has 0 bridgehead atoms. The number of esters is 2. The maximum absolute atomic E-state index is 12.1. The van der Waals surface area contributed by atoms with Gasteiger partial charge in [-0.15, -0.1) is 0 Å². The van der Waals surface area contributed by atoms with Gasteiger partial charge in [0.1, 0.15) is 5.60 Å². The lowest BCUT2D eigenvalue weighted by molar-refractivity contribution is -0.158. The molecule has 1 rings (SSSR count). The molecule has 110 valence electrons. The summed E-state index contributed by atoms with van der Waals surface area (Å²) in [4.78, 5) is 23.5. The SMILES string of the molecule is CC(C)C(=O)OCC1C(C(=O)OC(C)(C)C)C1(C)C. The van der Waals surface area contributed by atoms with Crippen molar-refractivity contribution in [3.05, 3.63) is 0 Å². The van der Waals surface area contributed by atoms with Gasteiger partial charge >= 0.3 is 11.9 Å². The van der Waals surface area contributed by atoms with E-state index in [1.165, 1.54) is 0 Å². The molecule has 0 saturated heterocycles. The van der Waals surface area contributed by atoms with Crippen molar-refractivity contribution in [2.75, 3.05) is 6.61 Å². The van der Waals surface area contributed by atoms with Crippen LogP contribution in [0, 0.1) is 23.2 Å². The molecule has 19 heavy (non-hydrogen) atoms.